The van der Waals surface area contributed by atoms with E-state index >= 15 is 0 Å². The first-order valence-electron chi connectivity index (χ1n) is 19.5. The second-order valence-electron chi connectivity index (χ2n) is 13.8. The highest BCUT2D eigenvalue weighted by Crippen LogP contribution is 2.22. The van der Waals surface area contributed by atoms with Gasteiger partial charge in [-0.1, -0.05) is 70.6 Å². The molecule has 2 unspecified atom stereocenters. The van der Waals surface area contributed by atoms with Crippen LogP contribution in [-0.4, -0.2) is 146 Å². The molecule has 2 aliphatic rings. The fourth-order valence-corrected chi connectivity index (χ4v) is 6.59. The van der Waals surface area contributed by atoms with Gasteiger partial charge in [-0.05, 0) is 71.2 Å². The van der Waals surface area contributed by atoms with Crippen LogP contribution in [0.3, 0.4) is 0 Å². The molecule has 12 heteroatoms. The van der Waals surface area contributed by atoms with E-state index in [1.165, 1.54) is 44.9 Å². The van der Waals surface area contributed by atoms with Crippen molar-refractivity contribution in [3.8, 4) is 0 Å². The van der Waals surface area contributed by atoms with Crippen LogP contribution in [0.15, 0.2) is 0 Å². The first-order chi connectivity index (χ1) is 23.5. The highest BCUT2D eigenvalue weighted by molar-refractivity contribution is 5.76. The average molecular weight is 688 g/mol. The van der Waals surface area contributed by atoms with Gasteiger partial charge in [0.15, 0.2) is 6.29 Å². The summed E-state index contributed by atoms with van der Waals surface area (Å²) in [5.41, 5.74) is 5.59. The Morgan fingerprint density at radius 2 is 1.29 bits per heavy atom. The van der Waals surface area contributed by atoms with E-state index in [4.69, 9.17) is 15.2 Å². The number of carbonyl (C=O) groups excluding carboxylic acids is 1. The summed E-state index contributed by atoms with van der Waals surface area (Å²) in [6.07, 6.45) is 13.9. The zero-order chi connectivity index (χ0) is 34.7. The van der Waals surface area contributed by atoms with Gasteiger partial charge in [0, 0.05) is 45.8 Å². The molecule has 2 aliphatic heterocycles. The van der Waals surface area contributed by atoms with E-state index in [-0.39, 0.29) is 5.91 Å². The Kier molecular flexibility index (Phi) is 25.9. The number of hydrogen-bond donors (Lipinski definition) is 7. The molecule has 0 saturated carbocycles. The Balaban J connectivity index is 1.58. The zero-order valence-electron chi connectivity index (χ0n) is 30.1. The summed E-state index contributed by atoms with van der Waals surface area (Å²) in [6, 6.07) is 0. The molecule has 2 saturated heterocycles. The molecule has 2 heterocycles. The lowest BCUT2D eigenvalue weighted by Gasteiger charge is -2.39. The molecular formula is C36H73N5O7. The number of carbonyl (C=O) groups is 1. The molecule has 2 rings (SSSR count). The van der Waals surface area contributed by atoms with Crippen molar-refractivity contribution in [2.75, 3.05) is 78.7 Å². The standard InChI is InChI=1S/C36H73N5O7/c37-19-13-9-5-1-2-6-10-14-24-40-25-17-26-41(28-23-39-21-16-20-38-22-27-40)32(43)18-12-8-4-3-7-11-15-29-47-36-35(46)34(45)33(44)31(30-42)48-36/h31,33-36,38-39,42,44-46H,1-30,37H2/t31?,33-,34+,35?,36-/m1/s1. The van der Waals surface area contributed by atoms with E-state index in [0.29, 0.717) is 13.0 Å². The molecule has 8 N–H and O–H groups in total. The Bertz CT molecular complexity index is 768. The summed E-state index contributed by atoms with van der Waals surface area (Å²) in [6.45, 7) is 9.49. The Hall–Kier alpha value is -0.930. The maximum Gasteiger partial charge on any atom is 0.222 e. The fourth-order valence-electron chi connectivity index (χ4n) is 6.59. The SMILES string of the molecule is NCCCCCCCCCCN1CCCN(C(=O)CCCCCCCCCO[C@@H]2OC(CO)[C@@H](O)[C@H](O)C2O)CCNCCCNCC1. The maximum atomic E-state index is 13.2. The van der Waals surface area contributed by atoms with E-state index in [1.807, 2.05) is 0 Å². The molecule has 0 bridgehead atoms. The summed E-state index contributed by atoms with van der Waals surface area (Å²) >= 11 is 0. The minimum atomic E-state index is -1.41. The molecule has 48 heavy (non-hydrogen) atoms. The van der Waals surface area contributed by atoms with Crippen molar-refractivity contribution in [3.63, 3.8) is 0 Å². The highest BCUT2D eigenvalue weighted by atomic mass is 16.7. The van der Waals surface area contributed by atoms with Gasteiger partial charge in [0.25, 0.3) is 0 Å². The lowest BCUT2D eigenvalue weighted by Crippen LogP contribution is -2.59. The van der Waals surface area contributed by atoms with Crippen LogP contribution in [0.1, 0.15) is 116 Å². The second-order valence-corrected chi connectivity index (χ2v) is 13.8. The Morgan fingerprint density at radius 1 is 0.688 bits per heavy atom. The average Bonchev–Trinajstić information content (AvgIpc) is 3.09. The van der Waals surface area contributed by atoms with Gasteiger partial charge in [0.1, 0.15) is 24.4 Å². The van der Waals surface area contributed by atoms with Gasteiger partial charge in [-0.25, -0.2) is 0 Å². The lowest BCUT2D eigenvalue weighted by molar-refractivity contribution is -0.301. The van der Waals surface area contributed by atoms with Crippen LogP contribution in [0.4, 0.5) is 0 Å². The second kappa shape index (κ2) is 28.7. The minimum Gasteiger partial charge on any atom is -0.394 e. The van der Waals surface area contributed by atoms with Crippen LogP contribution in [0.5, 0.6) is 0 Å². The maximum absolute atomic E-state index is 13.2. The van der Waals surface area contributed by atoms with Crippen molar-refractivity contribution in [1.82, 2.24) is 20.4 Å². The number of aliphatic hydroxyl groups excluding tert-OH is 4. The largest absolute Gasteiger partial charge is 0.394 e. The van der Waals surface area contributed by atoms with Crippen molar-refractivity contribution in [1.29, 1.82) is 0 Å². The van der Waals surface area contributed by atoms with Crippen LogP contribution >= 0.6 is 0 Å². The number of rotatable bonds is 22. The van der Waals surface area contributed by atoms with Gasteiger partial charge in [-0.15, -0.1) is 0 Å². The van der Waals surface area contributed by atoms with Crippen molar-refractivity contribution in [2.24, 2.45) is 5.73 Å². The number of ether oxygens (including phenoxy) is 2. The third-order valence-electron chi connectivity index (χ3n) is 9.72. The van der Waals surface area contributed by atoms with Crippen LogP contribution in [0.25, 0.3) is 0 Å². The van der Waals surface area contributed by atoms with E-state index in [1.54, 1.807) is 0 Å². The molecule has 1 amide bonds. The van der Waals surface area contributed by atoms with Crippen molar-refractivity contribution in [3.05, 3.63) is 0 Å². The van der Waals surface area contributed by atoms with E-state index in [9.17, 15) is 25.2 Å². The molecule has 0 spiro atoms. The van der Waals surface area contributed by atoms with Gasteiger partial charge in [-0.3, -0.25) is 4.79 Å². The fraction of sp³-hybridized carbons (Fsp3) is 0.972. The highest BCUT2D eigenvalue weighted by Gasteiger charge is 2.43. The molecule has 284 valence electrons. The smallest absolute Gasteiger partial charge is 0.222 e. The third kappa shape index (κ3) is 19.5. The van der Waals surface area contributed by atoms with Crippen molar-refractivity contribution < 1.29 is 34.7 Å². The molecule has 0 aromatic heterocycles. The summed E-state index contributed by atoms with van der Waals surface area (Å²) in [5, 5.41) is 46.2. The van der Waals surface area contributed by atoms with Crippen LogP contribution in [0.2, 0.25) is 0 Å². The molecule has 5 atom stereocenters. The predicted molar refractivity (Wildman–Crippen MR) is 191 cm³/mol. The van der Waals surface area contributed by atoms with Crippen LogP contribution in [0, 0.1) is 0 Å². The molecule has 0 aromatic rings. The number of nitrogens with one attached hydrogen (secondary N) is 2. The molecule has 2 fully saturated rings. The molecule has 0 radical (unpaired) electrons. The number of nitrogens with zero attached hydrogens (tertiary/aromatic N) is 2. The molecule has 0 aliphatic carbocycles. The summed E-state index contributed by atoms with van der Waals surface area (Å²) in [4.78, 5) is 17.9. The van der Waals surface area contributed by atoms with E-state index in [2.05, 4.69) is 20.4 Å². The molecule has 12 nitrogen and oxygen atoms in total. The van der Waals surface area contributed by atoms with Crippen molar-refractivity contribution in [2.45, 2.75) is 146 Å². The quantitative estimate of drug-likeness (QED) is 0.0832. The topological polar surface area (TPSA) is 173 Å². The first-order valence-corrected chi connectivity index (χ1v) is 19.5. The van der Waals surface area contributed by atoms with E-state index < -0.39 is 37.3 Å². The summed E-state index contributed by atoms with van der Waals surface area (Å²) in [5.74, 6) is 0.286. The number of amides is 1. The molecular weight excluding hydrogens is 614 g/mol. The first kappa shape index (κ1) is 43.2. The van der Waals surface area contributed by atoms with Crippen LogP contribution < -0.4 is 16.4 Å². The van der Waals surface area contributed by atoms with Gasteiger partial charge < -0.3 is 56.1 Å². The Morgan fingerprint density at radius 3 is 1.96 bits per heavy atom. The van der Waals surface area contributed by atoms with Gasteiger partial charge >= 0.3 is 0 Å². The van der Waals surface area contributed by atoms with Gasteiger partial charge in [-0.2, -0.15) is 0 Å². The predicted octanol–water partition coefficient (Wildman–Crippen LogP) is 2.11. The van der Waals surface area contributed by atoms with Crippen molar-refractivity contribution >= 4 is 5.91 Å². The third-order valence-corrected chi connectivity index (χ3v) is 9.72. The van der Waals surface area contributed by atoms with E-state index in [0.717, 1.165) is 130 Å². The molecule has 0 aromatic carbocycles. The normalized spacial score (nSPS) is 25.6. The number of unbranched alkanes of at least 4 members (excludes halogenated alkanes) is 13. The van der Waals surface area contributed by atoms with Gasteiger partial charge in [0.2, 0.25) is 5.91 Å². The number of aliphatic hydroxyl groups is 4. The minimum absolute atomic E-state index is 0.286. The summed E-state index contributed by atoms with van der Waals surface area (Å²) < 4.78 is 10.9. The lowest BCUT2D eigenvalue weighted by atomic mass is 9.99. The summed E-state index contributed by atoms with van der Waals surface area (Å²) in [7, 11) is 0. The zero-order valence-corrected chi connectivity index (χ0v) is 30.1. The number of nitrogens with two attached hydrogens (primary N) is 1. The van der Waals surface area contributed by atoms with Crippen LogP contribution in [-0.2, 0) is 14.3 Å². The monoisotopic (exact) mass is 688 g/mol. The Labute approximate surface area is 291 Å². The van der Waals surface area contributed by atoms with Gasteiger partial charge in [0.05, 0.1) is 6.61 Å². The number of hydrogen-bond acceptors (Lipinski definition) is 11.